The Balaban J connectivity index is 2.01. The lowest BCUT2D eigenvalue weighted by Crippen LogP contribution is -2.65. The quantitative estimate of drug-likeness (QED) is 0.744. The van der Waals surface area contributed by atoms with Gasteiger partial charge in [-0.15, -0.1) is 0 Å². The van der Waals surface area contributed by atoms with Crippen LogP contribution in [0.5, 0.6) is 0 Å². The number of carboxylic acid groups (broad SMARTS) is 1. The van der Waals surface area contributed by atoms with Crippen molar-refractivity contribution in [3.63, 3.8) is 0 Å². The molecular formula is C20H25N3O5. The van der Waals surface area contributed by atoms with Crippen LogP contribution in [-0.4, -0.2) is 56.8 Å². The Bertz CT molecular complexity index is 800. The maximum absolute atomic E-state index is 13.5. The minimum atomic E-state index is -1.20. The second-order valence-corrected chi connectivity index (χ2v) is 8.04. The van der Waals surface area contributed by atoms with E-state index in [-0.39, 0.29) is 17.5 Å². The Morgan fingerprint density at radius 3 is 2.25 bits per heavy atom. The Morgan fingerprint density at radius 2 is 1.75 bits per heavy atom. The van der Waals surface area contributed by atoms with Gasteiger partial charge in [0.15, 0.2) is 0 Å². The van der Waals surface area contributed by atoms with Crippen molar-refractivity contribution < 1.29 is 24.3 Å². The standard InChI is InChI=1S/C20H25N3O5/c1-12(11-15(24)25)16(19(28)23-20(2,3)9-6-10-21-23)22-17(26)13-7-4-5-8-14(13)18(22)27/h4-5,7-8,12,16,21H,6,9-11H2,1-3H3,(H,24,25). The summed E-state index contributed by atoms with van der Waals surface area (Å²) in [5.41, 5.74) is 3.01. The van der Waals surface area contributed by atoms with Gasteiger partial charge in [-0.2, -0.15) is 0 Å². The number of carbonyl (C=O) groups is 4. The van der Waals surface area contributed by atoms with Gasteiger partial charge in [-0.05, 0) is 44.7 Å². The number of carboxylic acids is 1. The molecule has 3 amide bonds. The molecular weight excluding hydrogens is 362 g/mol. The van der Waals surface area contributed by atoms with Gasteiger partial charge in [0, 0.05) is 6.54 Å². The zero-order valence-electron chi connectivity index (χ0n) is 16.3. The number of benzene rings is 1. The van der Waals surface area contributed by atoms with Gasteiger partial charge in [-0.25, -0.2) is 5.43 Å². The third-order valence-corrected chi connectivity index (χ3v) is 5.45. The highest BCUT2D eigenvalue weighted by molar-refractivity contribution is 6.22. The van der Waals surface area contributed by atoms with E-state index in [0.717, 1.165) is 17.7 Å². The van der Waals surface area contributed by atoms with E-state index in [0.29, 0.717) is 6.54 Å². The predicted molar refractivity (Wildman–Crippen MR) is 100 cm³/mol. The number of aliphatic carboxylic acids is 1. The van der Waals surface area contributed by atoms with E-state index in [1.165, 1.54) is 5.01 Å². The van der Waals surface area contributed by atoms with Crippen LogP contribution in [0.25, 0.3) is 0 Å². The Morgan fingerprint density at radius 1 is 1.18 bits per heavy atom. The van der Waals surface area contributed by atoms with Crippen LogP contribution in [0.15, 0.2) is 24.3 Å². The molecule has 1 aromatic rings. The number of fused-ring (bicyclic) bond motifs is 1. The third kappa shape index (κ3) is 3.40. The second-order valence-electron chi connectivity index (χ2n) is 8.04. The van der Waals surface area contributed by atoms with Crippen LogP contribution in [-0.2, 0) is 9.59 Å². The van der Waals surface area contributed by atoms with Gasteiger partial charge in [-0.1, -0.05) is 19.1 Å². The fourth-order valence-corrected chi connectivity index (χ4v) is 4.00. The van der Waals surface area contributed by atoms with Crippen LogP contribution >= 0.6 is 0 Å². The molecule has 2 heterocycles. The van der Waals surface area contributed by atoms with Gasteiger partial charge >= 0.3 is 5.97 Å². The molecule has 2 aliphatic heterocycles. The minimum Gasteiger partial charge on any atom is -0.481 e. The molecule has 150 valence electrons. The van der Waals surface area contributed by atoms with E-state index < -0.39 is 41.2 Å². The number of hydrogen-bond donors (Lipinski definition) is 2. The molecule has 8 heteroatoms. The van der Waals surface area contributed by atoms with Gasteiger partial charge < -0.3 is 5.11 Å². The Kier molecular flexibility index (Phi) is 5.25. The molecule has 1 saturated heterocycles. The van der Waals surface area contributed by atoms with E-state index in [9.17, 15) is 24.3 Å². The van der Waals surface area contributed by atoms with Gasteiger partial charge in [0.2, 0.25) is 0 Å². The number of hydrogen-bond acceptors (Lipinski definition) is 5. The van der Waals surface area contributed by atoms with Crippen LogP contribution in [0, 0.1) is 5.92 Å². The number of hydrazine groups is 1. The normalized spacial score (nSPS) is 20.7. The highest BCUT2D eigenvalue weighted by Crippen LogP contribution is 2.31. The first kappa shape index (κ1) is 20.0. The van der Waals surface area contributed by atoms with Crippen LogP contribution in [0.2, 0.25) is 0 Å². The van der Waals surface area contributed by atoms with Crippen LogP contribution in [0.1, 0.15) is 60.7 Å². The average molecular weight is 387 g/mol. The molecule has 1 aromatic carbocycles. The molecule has 0 aromatic heterocycles. The number of amides is 3. The second kappa shape index (κ2) is 7.35. The Labute approximate surface area is 163 Å². The molecule has 0 aliphatic carbocycles. The van der Waals surface area contributed by atoms with Crippen molar-refractivity contribution in [2.24, 2.45) is 5.92 Å². The summed E-state index contributed by atoms with van der Waals surface area (Å²) in [6.07, 6.45) is 1.31. The van der Waals surface area contributed by atoms with Crippen molar-refractivity contribution >= 4 is 23.7 Å². The van der Waals surface area contributed by atoms with Crippen LogP contribution in [0.3, 0.4) is 0 Å². The molecule has 2 atom stereocenters. The smallest absolute Gasteiger partial charge is 0.303 e. The van der Waals surface area contributed by atoms with Gasteiger partial charge in [-0.3, -0.25) is 29.1 Å². The first-order valence-corrected chi connectivity index (χ1v) is 9.41. The fourth-order valence-electron chi connectivity index (χ4n) is 4.00. The molecule has 28 heavy (non-hydrogen) atoms. The number of imide groups is 1. The van der Waals surface area contributed by atoms with Crippen molar-refractivity contribution in [1.82, 2.24) is 15.3 Å². The highest BCUT2D eigenvalue weighted by atomic mass is 16.4. The fraction of sp³-hybridized carbons (Fsp3) is 0.500. The molecule has 2 N–H and O–H groups in total. The first-order valence-electron chi connectivity index (χ1n) is 9.41. The molecule has 0 bridgehead atoms. The van der Waals surface area contributed by atoms with E-state index in [1.807, 2.05) is 13.8 Å². The van der Waals surface area contributed by atoms with Gasteiger partial charge in [0.1, 0.15) is 6.04 Å². The Hall–Kier alpha value is -2.74. The zero-order valence-corrected chi connectivity index (χ0v) is 16.3. The van der Waals surface area contributed by atoms with Crippen LogP contribution < -0.4 is 5.43 Å². The van der Waals surface area contributed by atoms with Crippen molar-refractivity contribution in [2.45, 2.75) is 51.6 Å². The van der Waals surface area contributed by atoms with Gasteiger partial charge in [0.05, 0.1) is 23.1 Å². The first-order chi connectivity index (χ1) is 13.1. The molecule has 0 radical (unpaired) electrons. The summed E-state index contributed by atoms with van der Waals surface area (Å²) in [5.74, 6) is -3.43. The molecule has 2 unspecified atom stereocenters. The van der Waals surface area contributed by atoms with Crippen LogP contribution in [0.4, 0.5) is 0 Å². The highest BCUT2D eigenvalue weighted by Gasteiger charge is 2.48. The van der Waals surface area contributed by atoms with Crippen molar-refractivity contribution in [2.75, 3.05) is 6.54 Å². The topological polar surface area (TPSA) is 107 Å². The molecule has 1 fully saturated rings. The van der Waals surface area contributed by atoms with Crippen molar-refractivity contribution in [3.05, 3.63) is 35.4 Å². The molecule has 2 aliphatic rings. The summed E-state index contributed by atoms with van der Waals surface area (Å²) in [6, 6.07) is 5.19. The van der Waals surface area contributed by atoms with Gasteiger partial charge in [0.25, 0.3) is 17.7 Å². The molecule has 0 spiro atoms. The average Bonchev–Trinajstić information content (AvgIpc) is 2.86. The van der Waals surface area contributed by atoms with E-state index in [2.05, 4.69) is 5.43 Å². The SMILES string of the molecule is CC(CC(=O)O)C(C(=O)N1NCCCC1(C)C)N1C(=O)c2ccccc2C1=O. The maximum atomic E-state index is 13.5. The number of nitrogens with zero attached hydrogens (tertiary/aromatic N) is 2. The maximum Gasteiger partial charge on any atom is 0.303 e. The molecule has 8 nitrogen and oxygen atoms in total. The summed E-state index contributed by atoms with van der Waals surface area (Å²) in [7, 11) is 0. The monoisotopic (exact) mass is 387 g/mol. The van der Waals surface area contributed by atoms with E-state index in [4.69, 9.17) is 0 Å². The molecule has 0 saturated carbocycles. The number of rotatable bonds is 5. The zero-order chi connectivity index (χ0) is 20.6. The lowest BCUT2D eigenvalue weighted by atomic mass is 9.91. The molecule has 3 rings (SSSR count). The third-order valence-electron chi connectivity index (χ3n) is 5.45. The van der Waals surface area contributed by atoms with Crippen molar-refractivity contribution in [3.8, 4) is 0 Å². The summed E-state index contributed by atoms with van der Waals surface area (Å²) in [6.45, 7) is 5.98. The number of nitrogens with one attached hydrogen (secondary N) is 1. The summed E-state index contributed by atoms with van der Waals surface area (Å²) in [5, 5.41) is 10.7. The predicted octanol–water partition coefficient (Wildman–Crippen LogP) is 1.67. The summed E-state index contributed by atoms with van der Waals surface area (Å²) >= 11 is 0. The van der Waals surface area contributed by atoms with Crippen molar-refractivity contribution in [1.29, 1.82) is 0 Å². The summed E-state index contributed by atoms with van der Waals surface area (Å²) < 4.78 is 0. The largest absolute Gasteiger partial charge is 0.481 e. The summed E-state index contributed by atoms with van der Waals surface area (Å²) in [4.78, 5) is 51.6. The number of carbonyl (C=O) groups excluding carboxylic acids is 3. The lowest BCUT2D eigenvalue weighted by molar-refractivity contribution is -0.151. The van der Waals surface area contributed by atoms with E-state index >= 15 is 0 Å². The minimum absolute atomic E-state index is 0.235. The lowest BCUT2D eigenvalue weighted by Gasteiger charge is -2.45. The van der Waals surface area contributed by atoms with E-state index in [1.54, 1.807) is 31.2 Å².